The lowest BCUT2D eigenvalue weighted by Crippen LogP contribution is -2.27. The van der Waals surface area contributed by atoms with Crippen LogP contribution >= 0.6 is 0 Å². The summed E-state index contributed by atoms with van der Waals surface area (Å²) >= 11 is 0. The highest BCUT2D eigenvalue weighted by molar-refractivity contribution is 5.95. The minimum atomic E-state index is -0.556. The van der Waals surface area contributed by atoms with Gasteiger partial charge in [-0.05, 0) is 58.4 Å². The van der Waals surface area contributed by atoms with Crippen LogP contribution in [0.5, 0.6) is 23.0 Å². The number of ether oxygens (including phenoxy) is 2. The number of phenolic OH excluding ortho intramolecular Hbond substituents is 2. The van der Waals surface area contributed by atoms with Crippen LogP contribution in [0, 0.1) is 0 Å². The van der Waals surface area contributed by atoms with Crippen LogP contribution in [-0.2, 0) is 6.42 Å². The van der Waals surface area contributed by atoms with E-state index in [1.54, 1.807) is 6.07 Å². The molecule has 6 heteroatoms. The first-order valence-corrected chi connectivity index (χ1v) is 10.4. The molecule has 4 rings (SSSR count). The lowest BCUT2D eigenvalue weighted by molar-refractivity contribution is 0.158. The van der Waals surface area contributed by atoms with Gasteiger partial charge in [0.25, 0.3) is 0 Å². The van der Waals surface area contributed by atoms with Crippen LogP contribution in [0.25, 0.3) is 28.4 Å². The highest BCUT2D eigenvalue weighted by Gasteiger charge is 2.28. The van der Waals surface area contributed by atoms with Crippen LogP contribution in [0.15, 0.2) is 51.2 Å². The van der Waals surface area contributed by atoms with Gasteiger partial charge in [-0.1, -0.05) is 11.6 Å². The number of hydrogen-bond acceptors (Lipinski definition) is 6. The van der Waals surface area contributed by atoms with Crippen LogP contribution in [0.4, 0.5) is 0 Å². The van der Waals surface area contributed by atoms with Crippen molar-refractivity contribution in [2.45, 2.75) is 39.7 Å². The Morgan fingerprint density at radius 1 is 1.19 bits per heavy atom. The van der Waals surface area contributed by atoms with Gasteiger partial charge in [0, 0.05) is 17.7 Å². The molecule has 2 heterocycles. The largest absolute Gasteiger partial charge is 0.508 e. The molecule has 0 saturated heterocycles. The molecule has 0 aliphatic carbocycles. The highest BCUT2D eigenvalue weighted by atomic mass is 16.5. The molecule has 0 radical (unpaired) electrons. The summed E-state index contributed by atoms with van der Waals surface area (Å²) in [7, 11) is 1.49. The Kier molecular flexibility index (Phi) is 5.25. The number of benzene rings is 2. The van der Waals surface area contributed by atoms with Gasteiger partial charge in [0.1, 0.15) is 39.7 Å². The van der Waals surface area contributed by atoms with Gasteiger partial charge in [0.15, 0.2) is 5.58 Å². The summed E-state index contributed by atoms with van der Waals surface area (Å²) in [4.78, 5) is 13.6. The van der Waals surface area contributed by atoms with Gasteiger partial charge in [-0.2, -0.15) is 0 Å². The predicted molar refractivity (Wildman–Crippen MR) is 125 cm³/mol. The first-order valence-electron chi connectivity index (χ1n) is 10.4. The molecule has 0 fully saturated rings. The van der Waals surface area contributed by atoms with Crippen molar-refractivity contribution in [3.63, 3.8) is 0 Å². The summed E-state index contributed by atoms with van der Waals surface area (Å²) in [6, 6.07) is 6.09. The molecule has 3 aromatic rings. The molecule has 0 amide bonds. The van der Waals surface area contributed by atoms with Crippen molar-refractivity contribution in [2.24, 2.45) is 0 Å². The molecule has 1 aromatic heterocycles. The third kappa shape index (κ3) is 3.73. The number of hydrogen-bond donors (Lipinski definition) is 2. The minimum Gasteiger partial charge on any atom is -0.508 e. The number of allylic oxidation sites excluding steroid dienone is 2. The summed E-state index contributed by atoms with van der Waals surface area (Å²) in [6.45, 7) is 7.70. The average Bonchev–Trinajstić information content (AvgIpc) is 2.71. The van der Waals surface area contributed by atoms with Gasteiger partial charge < -0.3 is 24.1 Å². The van der Waals surface area contributed by atoms with Crippen LogP contribution in [-0.4, -0.2) is 22.9 Å². The van der Waals surface area contributed by atoms with Crippen LogP contribution in [0.3, 0.4) is 0 Å². The molecule has 0 saturated carbocycles. The van der Waals surface area contributed by atoms with Gasteiger partial charge in [-0.25, -0.2) is 0 Å². The molecule has 1 aliphatic heterocycles. The highest BCUT2D eigenvalue weighted by Crippen LogP contribution is 2.43. The molecular weight excluding hydrogens is 408 g/mol. The van der Waals surface area contributed by atoms with E-state index in [1.165, 1.54) is 25.3 Å². The second kappa shape index (κ2) is 7.79. The Balaban J connectivity index is 2.11. The lowest BCUT2D eigenvalue weighted by atomic mass is 9.96. The Hall–Kier alpha value is -3.67. The molecule has 2 aromatic carbocycles. The van der Waals surface area contributed by atoms with Crippen LogP contribution in [0.2, 0.25) is 0 Å². The fourth-order valence-corrected chi connectivity index (χ4v) is 3.80. The number of aromatic hydroxyl groups is 2. The average molecular weight is 434 g/mol. The Morgan fingerprint density at radius 2 is 1.94 bits per heavy atom. The molecule has 1 aliphatic rings. The number of phenols is 2. The summed E-state index contributed by atoms with van der Waals surface area (Å²) in [5.41, 5.74) is 1.90. The Morgan fingerprint density at radius 3 is 2.62 bits per heavy atom. The van der Waals surface area contributed by atoms with Gasteiger partial charge in [-0.15, -0.1) is 0 Å². The molecule has 166 valence electrons. The predicted octanol–water partition coefficient (Wildman–Crippen LogP) is 5.57. The third-order valence-electron chi connectivity index (χ3n) is 5.41. The number of methoxy groups -OCH3 is 1. The standard InChI is InChI=1S/C26H26O6/c1-14(2)6-8-18-23(29)22-19(28)13-21-17(10-11-26(3,4)32-21)25(22)31-24(18)16-9-7-15(27)12-20(16)30-5/h6-7,9-13,27-28H,8H2,1-5H3. The topological polar surface area (TPSA) is 89.1 Å². The van der Waals surface area contributed by atoms with Crippen LogP contribution < -0.4 is 14.9 Å². The van der Waals surface area contributed by atoms with Crippen molar-refractivity contribution in [3.8, 4) is 34.3 Å². The quantitative estimate of drug-likeness (QED) is 0.522. The zero-order valence-corrected chi connectivity index (χ0v) is 18.8. The molecule has 0 atom stereocenters. The van der Waals surface area contributed by atoms with E-state index in [9.17, 15) is 15.0 Å². The molecule has 2 N–H and O–H groups in total. The molecular formula is C26H26O6. The van der Waals surface area contributed by atoms with Crippen molar-refractivity contribution >= 4 is 17.0 Å². The maximum Gasteiger partial charge on any atom is 0.200 e. The molecule has 6 nitrogen and oxygen atoms in total. The maximum atomic E-state index is 13.6. The van der Waals surface area contributed by atoms with Crippen molar-refractivity contribution in [1.29, 1.82) is 0 Å². The first-order chi connectivity index (χ1) is 15.1. The second-order valence-electron chi connectivity index (χ2n) is 8.66. The normalized spacial score (nSPS) is 14.0. The van der Waals surface area contributed by atoms with E-state index in [0.717, 1.165) is 5.57 Å². The smallest absolute Gasteiger partial charge is 0.200 e. The van der Waals surface area contributed by atoms with E-state index in [2.05, 4.69) is 0 Å². The second-order valence-corrected chi connectivity index (χ2v) is 8.66. The van der Waals surface area contributed by atoms with Gasteiger partial charge in [0.05, 0.1) is 18.2 Å². The van der Waals surface area contributed by atoms with Crippen molar-refractivity contribution in [3.05, 3.63) is 63.3 Å². The molecule has 0 spiro atoms. The van der Waals surface area contributed by atoms with E-state index in [0.29, 0.717) is 40.4 Å². The van der Waals surface area contributed by atoms with E-state index in [4.69, 9.17) is 13.9 Å². The van der Waals surface area contributed by atoms with Crippen molar-refractivity contribution < 1.29 is 24.1 Å². The minimum absolute atomic E-state index is 0.0353. The third-order valence-corrected chi connectivity index (χ3v) is 5.41. The lowest BCUT2D eigenvalue weighted by Gasteiger charge is -2.28. The SMILES string of the molecule is COc1cc(O)ccc1-c1oc2c3c(cc(O)c2c(=O)c1CC=C(C)C)OC(C)(C)C=C3. The van der Waals surface area contributed by atoms with Crippen LogP contribution in [0.1, 0.15) is 38.8 Å². The molecule has 0 unspecified atom stereocenters. The summed E-state index contributed by atoms with van der Waals surface area (Å²) in [6.07, 6.45) is 5.96. The first kappa shape index (κ1) is 21.6. The van der Waals surface area contributed by atoms with E-state index in [-0.39, 0.29) is 27.9 Å². The number of rotatable bonds is 4. The van der Waals surface area contributed by atoms with E-state index < -0.39 is 5.60 Å². The monoisotopic (exact) mass is 434 g/mol. The van der Waals surface area contributed by atoms with E-state index >= 15 is 0 Å². The maximum absolute atomic E-state index is 13.6. The molecule has 32 heavy (non-hydrogen) atoms. The van der Waals surface area contributed by atoms with Gasteiger partial charge >= 0.3 is 0 Å². The van der Waals surface area contributed by atoms with Crippen molar-refractivity contribution in [1.82, 2.24) is 0 Å². The molecule has 0 bridgehead atoms. The summed E-state index contributed by atoms with van der Waals surface area (Å²) in [5.74, 6) is 0.969. The van der Waals surface area contributed by atoms with E-state index in [1.807, 2.05) is 45.9 Å². The summed E-state index contributed by atoms with van der Waals surface area (Å²) < 4.78 is 17.8. The van der Waals surface area contributed by atoms with Crippen molar-refractivity contribution in [2.75, 3.05) is 7.11 Å². The zero-order chi connectivity index (χ0) is 23.2. The fourth-order valence-electron chi connectivity index (χ4n) is 3.80. The van der Waals surface area contributed by atoms with Gasteiger partial charge in [0.2, 0.25) is 5.43 Å². The Labute approximate surface area is 186 Å². The van der Waals surface area contributed by atoms with Gasteiger partial charge in [-0.3, -0.25) is 4.79 Å². The Bertz CT molecular complexity index is 1340. The zero-order valence-electron chi connectivity index (χ0n) is 18.8. The number of fused-ring (bicyclic) bond motifs is 3. The summed E-state index contributed by atoms with van der Waals surface area (Å²) in [5, 5.41) is 20.7. The fraction of sp³-hybridized carbons (Fsp3) is 0.269.